The van der Waals surface area contributed by atoms with Gasteiger partial charge >= 0.3 is 0 Å². The van der Waals surface area contributed by atoms with E-state index < -0.39 is 10.0 Å². The lowest BCUT2D eigenvalue weighted by atomic mass is 9.95. The second-order valence-electron chi connectivity index (χ2n) is 8.65. The number of amides is 1. The number of hydrogen-bond donors (Lipinski definition) is 0. The second kappa shape index (κ2) is 10.2. The Morgan fingerprint density at radius 3 is 2.12 bits per heavy atom. The minimum absolute atomic E-state index is 0.0707. The van der Waals surface area contributed by atoms with Crippen LogP contribution < -0.4 is 14.2 Å². The highest BCUT2D eigenvalue weighted by atomic mass is 32.2. The molecule has 2 aliphatic rings. The summed E-state index contributed by atoms with van der Waals surface area (Å²) in [5.41, 5.74) is 0.951. The van der Waals surface area contributed by atoms with Crippen LogP contribution in [0.2, 0.25) is 0 Å². The molecule has 0 saturated carbocycles. The van der Waals surface area contributed by atoms with E-state index in [9.17, 15) is 13.2 Å². The Kier molecular flexibility index (Phi) is 7.33. The highest BCUT2D eigenvalue weighted by molar-refractivity contribution is 7.89. The van der Waals surface area contributed by atoms with E-state index in [2.05, 4.69) is 0 Å². The molecular weight excluding hydrogens is 456 g/mol. The number of carbonyl (C=O) groups excluding carboxylic acids is 1. The van der Waals surface area contributed by atoms with Crippen molar-refractivity contribution < 1.29 is 27.4 Å². The Morgan fingerprint density at radius 2 is 1.50 bits per heavy atom. The van der Waals surface area contributed by atoms with Crippen molar-refractivity contribution in [2.45, 2.75) is 36.6 Å². The van der Waals surface area contributed by atoms with Gasteiger partial charge in [0, 0.05) is 31.1 Å². The SMILES string of the molecule is COc1ccc(S(=O)(=O)N2CCC(C(=O)N3CCCC3c3cc(OC)ccc3OC)CC2)cc1. The Hall–Kier alpha value is -2.78. The van der Waals surface area contributed by atoms with E-state index >= 15 is 0 Å². The number of ether oxygens (including phenoxy) is 3. The van der Waals surface area contributed by atoms with Crippen LogP contribution in [-0.4, -0.2) is 64.5 Å². The highest BCUT2D eigenvalue weighted by Gasteiger charge is 2.38. The summed E-state index contributed by atoms with van der Waals surface area (Å²) in [6.45, 7) is 1.34. The molecule has 2 saturated heterocycles. The van der Waals surface area contributed by atoms with Crippen LogP contribution in [-0.2, 0) is 14.8 Å². The summed E-state index contributed by atoms with van der Waals surface area (Å²) in [6, 6.07) is 12.0. The van der Waals surface area contributed by atoms with Crippen molar-refractivity contribution >= 4 is 15.9 Å². The number of methoxy groups -OCH3 is 3. The summed E-state index contributed by atoms with van der Waals surface area (Å²) < 4.78 is 43.7. The molecule has 2 aromatic rings. The molecule has 1 amide bonds. The Balaban J connectivity index is 1.45. The van der Waals surface area contributed by atoms with Crippen molar-refractivity contribution in [2.24, 2.45) is 5.92 Å². The molecule has 0 N–H and O–H groups in total. The van der Waals surface area contributed by atoms with Crippen LogP contribution in [0.1, 0.15) is 37.3 Å². The van der Waals surface area contributed by atoms with Crippen LogP contribution in [0.5, 0.6) is 17.2 Å². The van der Waals surface area contributed by atoms with Gasteiger partial charge in [-0.15, -0.1) is 0 Å². The van der Waals surface area contributed by atoms with E-state index in [-0.39, 0.29) is 22.8 Å². The van der Waals surface area contributed by atoms with Crippen molar-refractivity contribution in [1.29, 1.82) is 0 Å². The zero-order chi connectivity index (χ0) is 24.3. The molecular formula is C25H32N2O6S. The summed E-state index contributed by atoms with van der Waals surface area (Å²) in [7, 11) is 1.19. The minimum Gasteiger partial charge on any atom is -0.497 e. The third-order valence-electron chi connectivity index (χ3n) is 6.83. The lowest BCUT2D eigenvalue weighted by Crippen LogP contribution is -2.44. The fourth-order valence-electron chi connectivity index (χ4n) is 4.93. The predicted molar refractivity (Wildman–Crippen MR) is 128 cm³/mol. The topological polar surface area (TPSA) is 85.4 Å². The zero-order valence-corrected chi connectivity index (χ0v) is 20.7. The summed E-state index contributed by atoms with van der Waals surface area (Å²) in [5.74, 6) is 1.97. The number of likely N-dealkylation sites (tertiary alicyclic amines) is 1. The molecule has 2 fully saturated rings. The third kappa shape index (κ3) is 4.72. The van der Waals surface area contributed by atoms with Crippen molar-refractivity contribution in [3.8, 4) is 17.2 Å². The average molecular weight is 489 g/mol. The molecule has 2 aromatic carbocycles. The monoisotopic (exact) mass is 488 g/mol. The van der Waals surface area contributed by atoms with E-state index in [0.717, 1.165) is 29.9 Å². The van der Waals surface area contributed by atoms with E-state index in [1.165, 1.54) is 4.31 Å². The first-order valence-corrected chi connectivity index (χ1v) is 13.0. The fraction of sp³-hybridized carbons (Fsp3) is 0.480. The average Bonchev–Trinajstić information content (AvgIpc) is 3.37. The Bertz CT molecular complexity index is 1110. The standard InChI is InChI=1S/C25H32N2O6S/c1-31-19-6-9-21(10-7-19)34(29,30)26-15-12-18(13-16-26)25(28)27-14-4-5-23(27)22-17-20(32-2)8-11-24(22)33-3/h6-11,17-18,23H,4-5,12-16H2,1-3H3. The van der Waals surface area contributed by atoms with Gasteiger partial charge in [0.25, 0.3) is 0 Å². The summed E-state index contributed by atoms with van der Waals surface area (Å²) >= 11 is 0. The molecule has 1 atom stereocenters. The van der Waals surface area contributed by atoms with Crippen LogP contribution in [0, 0.1) is 5.92 Å². The van der Waals surface area contributed by atoms with Crippen LogP contribution in [0.25, 0.3) is 0 Å². The van der Waals surface area contributed by atoms with Gasteiger partial charge in [-0.1, -0.05) is 0 Å². The maximum atomic E-state index is 13.5. The number of sulfonamides is 1. The summed E-state index contributed by atoms with van der Waals surface area (Å²) in [6.07, 6.45) is 2.79. The number of hydrogen-bond acceptors (Lipinski definition) is 6. The first-order chi connectivity index (χ1) is 16.4. The van der Waals surface area contributed by atoms with Gasteiger partial charge in [-0.3, -0.25) is 4.79 Å². The van der Waals surface area contributed by atoms with Gasteiger partial charge in [-0.05, 0) is 68.1 Å². The fourth-order valence-corrected chi connectivity index (χ4v) is 6.40. The molecule has 0 aliphatic carbocycles. The van der Waals surface area contributed by atoms with E-state index in [1.54, 1.807) is 45.6 Å². The van der Waals surface area contributed by atoms with E-state index in [4.69, 9.17) is 14.2 Å². The van der Waals surface area contributed by atoms with Crippen molar-refractivity contribution in [2.75, 3.05) is 41.0 Å². The normalized spacial score (nSPS) is 19.7. The molecule has 34 heavy (non-hydrogen) atoms. The number of rotatable bonds is 7. The second-order valence-corrected chi connectivity index (χ2v) is 10.6. The quantitative estimate of drug-likeness (QED) is 0.593. The van der Waals surface area contributed by atoms with Crippen molar-refractivity contribution in [1.82, 2.24) is 9.21 Å². The van der Waals surface area contributed by atoms with Crippen LogP contribution in [0.15, 0.2) is 47.4 Å². The molecule has 9 heteroatoms. The predicted octanol–water partition coefficient (Wildman–Crippen LogP) is 3.48. The number of nitrogens with zero attached hydrogens (tertiary/aromatic N) is 2. The first-order valence-electron chi connectivity index (χ1n) is 11.6. The van der Waals surface area contributed by atoms with Gasteiger partial charge in [0.2, 0.25) is 15.9 Å². The number of benzene rings is 2. The van der Waals surface area contributed by atoms with Crippen molar-refractivity contribution in [3.05, 3.63) is 48.0 Å². The van der Waals surface area contributed by atoms with Gasteiger partial charge in [0.05, 0.1) is 32.3 Å². The van der Waals surface area contributed by atoms with Crippen molar-refractivity contribution in [3.63, 3.8) is 0 Å². The van der Waals surface area contributed by atoms with E-state index in [1.807, 2.05) is 23.1 Å². The third-order valence-corrected chi connectivity index (χ3v) is 8.74. The molecule has 0 aromatic heterocycles. The zero-order valence-electron chi connectivity index (χ0n) is 19.9. The van der Waals surface area contributed by atoms with Gasteiger partial charge < -0.3 is 19.1 Å². The van der Waals surface area contributed by atoms with Crippen LogP contribution >= 0.6 is 0 Å². The maximum Gasteiger partial charge on any atom is 0.243 e. The molecule has 2 heterocycles. The molecule has 2 aliphatic heterocycles. The molecule has 0 bridgehead atoms. The minimum atomic E-state index is -3.60. The maximum absolute atomic E-state index is 13.5. The number of piperidine rings is 1. The summed E-state index contributed by atoms with van der Waals surface area (Å²) in [4.78, 5) is 15.7. The smallest absolute Gasteiger partial charge is 0.243 e. The molecule has 1 unspecified atom stereocenters. The van der Waals surface area contributed by atoms with E-state index in [0.29, 0.717) is 38.2 Å². The first kappa shape index (κ1) is 24.3. The summed E-state index contributed by atoms with van der Waals surface area (Å²) in [5, 5.41) is 0. The van der Waals surface area contributed by atoms with Crippen LogP contribution in [0.4, 0.5) is 0 Å². The van der Waals surface area contributed by atoms with Gasteiger partial charge in [-0.2, -0.15) is 4.31 Å². The highest BCUT2D eigenvalue weighted by Crippen LogP contribution is 2.40. The number of carbonyl (C=O) groups is 1. The lowest BCUT2D eigenvalue weighted by molar-refractivity contribution is -0.137. The molecule has 184 valence electrons. The molecule has 0 spiro atoms. The van der Waals surface area contributed by atoms with Crippen LogP contribution in [0.3, 0.4) is 0 Å². The molecule has 8 nitrogen and oxygen atoms in total. The molecule has 0 radical (unpaired) electrons. The lowest BCUT2D eigenvalue weighted by Gasteiger charge is -2.34. The van der Waals surface area contributed by atoms with Gasteiger partial charge in [0.15, 0.2) is 0 Å². The van der Waals surface area contributed by atoms with Gasteiger partial charge in [-0.25, -0.2) is 8.42 Å². The van der Waals surface area contributed by atoms with Gasteiger partial charge in [0.1, 0.15) is 17.2 Å². The molecule has 4 rings (SSSR count). The largest absolute Gasteiger partial charge is 0.497 e. The Morgan fingerprint density at radius 1 is 0.853 bits per heavy atom. The Labute approximate surface area is 201 Å².